The van der Waals surface area contributed by atoms with Gasteiger partial charge >= 0.3 is 0 Å². The average molecular weight is 456 g/mol. The first kappa shape index (κ1) is 24.2. The molecule has 3 rings (SSSR count). The second-order valence-electron chi connectivity index (χ2n) is 7.80. The summed E-state index contributed by atoms with van der Waals surface area (Å²) in [6.45, 7) is 6.00. The Hall–Kier alpha value is -3.42. The van der Waals surface area contributed by atoms with Gasteiger partial charge in [0.2, 0.25) is 5.91 Å². The summed E-state index contributed by atoms with van der Waals surface area (Å²) in [4.78, 5) is 26.7. The molecule has 1 heterocycles. The lowest BCUT2D eigenvalue weighted by Crippen LogP contribution is -2.42. The molecule has 0 aliphatic carbocycles. The number of halogens is 1. The van der Waals surface area contributed by atoms with Crippen LogP contribution in [0.1, 0.15) is 49.0 Å². The van der Waals surface area contributed by atoms with Crippen molar-refractivity contribution in [1.29, 1.82) is 0 Å². The number of likely N-dealkylation sites (tertiary alicyclic amines) is 1. The molecule has 1 N–H and O–H groups in total. The summed E-state index contributed by atoms with van der Waals surface area (Å²) in [5, 5.41) is 4.08. The molecular formula is C25H30FN3O4. The van der Waals surface area contributed by atoms with Gasteiger partial charge < -0.3 is 14.4 Å². The summed E-state index contributed by atoms with van der Waals surface area (Å²) in [7, 11) is 0. The Morgan fingerprint density at radius 1 is 1.09 bits per heavy atom. The molecule has 1 fully saturated rings. The number of hydrogen-bond donors (Lipinski definition) is 1. The molecule has 2 aromatic carbocycles. The fourth-order valence-electron chi connectivity index (χ4n) is 3.59. The van der Waals surface area contributed by atoms with E-state index in [4.69, 9.17) is 9.47 Å². The minimum Gasteiger partial charge on any atom is -0.490 e. The highest BCUT2D eigenvalue weighted by atomic mass is 19.1. The van der Waals surface area contributed by atoms with Gasteiger partial charge in [-0.2, -0.15) is 5.10 Å². The van der Waals surface area contributed by atoms with E-state index in [0.29, 0.717) is 56.2 Å². The van der Waals surface area contributed by atoms with Crippen LogP contribution in [0, 0.1) is 11.7 Å². The minimum atomic E-state index is -0.377. The highest BCUT2D eigenvalue weighted by molar-refractivity contribution is 5.94. The molecule has 0 aromatic heterocycles. The van der Waals surface area contributed by atoms with Gasteiger partial charge in [0.1, 0.15) is 5.82 Å². The van der Waals surface area contributed by atoms with E-state index in [1.807, 2.05) is 32.0 Å². The number of nitrogens with one attached hydrogen (secondary N) is 1. The van der Waals surface area contributed by atoms with Crippen molar-refractivity contribution in [2.24, 2.45) is 11.0 Å². The van der Waals surface area contributed by atoms with Crippen LogP contribution in [0.2, 0.25) is 0 Å². The molecule has 0 atom stereocenters. The third kappa shape index (κ3) is 6.78. The van der Waals surface area contributed by atoms with Gasteiger partial charge in [-0.15, -0.1) is 0 Å². The van der Waals surface area contributed by atoms with Crippen molar-refractivity contribution in [3.8, 4) is 11.5 Å². The summed E-state index contributed by atoms with van der Waals surface area (Å²) in [6.07, 6.45) is 3.57. The topological polar surface area (TPSA) is 80.2 Å². The number of piperidine rings is 1. The zero-order chi connectivity index (χ0) is 23.6. The Balaban J connectivity index is 1.50. The largest absolute Gasteiger partial charge is 0.490 e. The van der Waals surface area contributed by atoms with Crippen molar-refractivity contribution in [2.75, 3.05) is 26.3 Å². The lowest BCUT2D eigenvalue weighted by atomic mass is 9.95. The summed E-state index contributed by atoms with van der Waals surface area (Å²) in [5.74, 6) is 0.401. The normalized spacial score (nSPS) is 14.3. The average Bonchev–Trinajstić information content (AvgIpc) is 2.84. The fraction of sp³-hybridized carbons (Fsp3) is 0.400. The minimum absolute atomic E-state index is 0.150. The standard InChI is InChI=1S/C25H30FN3O4/c1-3-15-33-22-10-5-18(16-23(22)32-4-2)17-27-28-24(30)19-11-13-29(14-12-19)25(31)20-6-8-21(26)9-7-20/h5-10,16-17,19H,3-4,11-15H2,1-2H3,(H,28,30)/b27-17-. The summed E-state index contributed by atoms with van der Waals surface area (Å²) in [6, 6.07) is 11.0. The highest BCUT2D eigenvalue weighted by Gasteiger charge is 2.27. The zero-order valence-corrected chi connectivity index (χ0v) is 19.1. The number of carbonyl (C=O) groups is 2. The number of hydrazone groups is 1. The second-order valence-corrected chi connectivity index (χ2v) is 7.80. The Labute approximate surface area is 193 Å². The van der Waals surface area contributed by atoms with Crippen LogP contribution >= 0.6 is 0 Å². The molecule has 33 heavy (non-hydrogen) atoms. The Bertz CT molecular complexity index is 970. The van der Waals surface area contributed by atoms with Crippen molar-refractivity contribution in [3.63, 3.8) is 0 Å². The molecule has 1 aliphatic rings. The van der Waals surface area contributed by atoms with Crippen LogP contribution in [0.5, 0.6) is 11.5 Å². The van der Waals surface area contributed by atoms with Gasteiger partial charge in [-0.3, -0.25) is 9.59 Å². The van der Waals surface area contributed by atoms with Crippen LogP contribution in [0.15, 0.2) is 47.6 Å². The van der Waals surface area contributed by atoms with Gasteiger partial charge in [-0.05, 0) is 74.2 Å². The van der Waals surface area contributed by atoms with E-state index < -0.39 is 0 Å². The van der Waals surface area contributed by atoms with Crippen LogP contribution in [0.3, 0.4) is 0 Å². The first-order valence-corrected chi connectivity index (χ1v) is 11.3. The van der Waals surface area contributed by atoms with Crippen molar-refractivity contribution < 1.29 is 23.5 Å². The predicted molar refractivity (Wildman–Crippen MR) is 124 cm³/mol. The van der Waals surface area contributed by atoms with Gasteiger partial charge in [0.05, 0.1) is 19.4 Å². The predicted octanol–water partition coefficient (Wildman–Crippen LogP) is 4.02. The molecule has 0 saturated carbocycles. The molecule has 0 bridgehead atoms. The van der Waals surface area contributed by atoms with Gasteiger partial charge in [-0.25, -0.2) is 9.82 Å². The van der Waals surface area contributed by atoms with E-state index in [1.54, 1.807) is 11.1 Å². The van der Waals surface area contributed by atoms with Gasteiger partial charge in [0, 0.05) is 24.6 Å². The maximum absolute atomic E-state index is 13.1. The van der Waals surface area contributed by atoms with Crippen LogP contribution in [0.25, 0.3) is 0 Å². The van der Waals surface area contributed by atoms with Gasteiger partial charge in [0.15, 0.2) is 11.5 Å². The van der Waals surface area contributed by atoms with Crippen molar-refractivity contribution in [3.05, 3.63) is 59.4 Å². The summed E-state index contributed by atoms with van der Waals surface area (Å²) >= 11 is 0. The zero-order valence-electron chi connectivity index (χ0n) is 19.1. The van der Waals surface area contributed by atoms with Gasteiger partial charge in [-0.1, -0.05) is 6.92 Å². The van der Waals surface area contributed by atoms with Crippen molar-refractivity contribution in [2.45, 2.75) is 33.1 Å². The molecule has 2 aromatic rings. The molecule has 1 saturated heterocycles. The lowest BCUT2D eigenvalue weighted by molar-refractivity contribution is -0.126. The lowest BCUT2D eigenvalue weighted by Gasteiger charge is -2.31. The molecule has 176 valence electrons. The first-order valence-electron chi connectivity index (χ1n) is 11.3. The number of amides is 2. The van der Waals surface area contributed by atoms with Gasteiger partial charge in [0.25, 0.3) is 5.91 Å². The Kier molecular flexibility index (Phi) is 8.80. The van der Waals surface area contributed by atoms with Crippen molar-refractivity contribution in [1.82, 2.24) is 10.3 Å². The maximum Gasteiger partial charge on any atom is 0.253 e. The van der Waals surface area contributed by atoms with E-state index >= 15 is 0 Å². The Morgan fingerprint density at radius 2 is 1.82 bits per heavy atom. The van der Waals surface area contributed by atoms with Crippen molar-refractivity contribution >= 4 is 18.0 Å². The third-order valence-electron chi connectivity index (χ3n) is 5.36. The van der Waals surface area contributed by atoms with E-state index in [-0.39, 0.29) is 23.5 Å². The van der Waals surface area contributed by atoms with Crippen LogP contribution in [-0.4, -0.2) is 49.2 Å². The maximum atomic E-state index is 13.1. The second kappa shape index (κ2) is 12.0. The van der Waals surface area contributed by atoms with E-state index in [9.17, 15) is 14.0 Å². The molecule has 1 aliphatic heterocycles. The van der Waals surface area contributed by atoms with Crippen LogP contribution in [-0.2, 0) is 4.79 Å². The number of benzene rings is 2. The number of hydrogen-bond acceptors (Lipinski definition) is 5. The first-order chi connectivity index (χ1) is 16.0. The van der Waals surface area contributed by atoms with E-state index in [0.717, 1.165) is 12.0 Å². The number of nitrogens with zero attached hydrogens (tertiary/aromatic N) is 2. The Morgan fingerprint density at radius 3 is 2.48 bits per heavy atom. The quantitative estimate of drug-likeness (QED) is 0.458. The molecule has 8 heteroatoms. The molecule has 2 amide bonds. The van der Waals surface area contributed by atoms with E-state index in [1.165, 1.54) is 24.3 Å². The van der Waals surface area contributed by atoms with Crippen LogP contribution in [0.4, 0.5) is 4.39 Å². The smallest absolute Gasteiger partial charge is 0.253 e. The number of ether oxygens (including phenoxy) is 2. The molecule has 0 radical (unpaired) electrons. The SMILES string of the molecule is CCCOc1ccc(/C=N\NC(=O)C2CCN(C(=O)c3ccc(F)cc3)CC2)cc1OCC. The molecule has 0 unspecified atom stereocenters. The molecule has 0 spiro atoms. The monoisotopic (exact) mass is 455 g/mol. The summed E-state index contributed by atoms with van der Waals surface area (Å²) in [5.41, 5.74) is 3.82. The van der Waals surface area contributed by atoms with E-state index in [2.05, 4.69) is 10.5 Å². The number of rotatable bonds is 9. The fourth-order valence-corrected chi connectivity index (χ4v) is 3.59. The molecular weight excluding hydrogens is 425 g/mol. The highest BCUT2D eigenvalue weighted by Crippen LogP contribution is 2.28. The molecule has 7 nitrogen and oxygen atoms in total. The summed E-state index contributed by atoms with van der Waals surface area (Å²) < 4.78 is 24.4. The van der Waals surface area contributed by atoms with Crippen LogP contribution < -0.4 is 14.9 Å². The third-order valence-corrected chi connectivity index (χ3v) is 5.36. The number of carbonyl (C=O) groups excluding carboxylic acids is 2.